The molecule has 32 heavy (non-hydrogen) atoms. The Morgan fingerprint density at radius 3 is 2.91 bits per heavy atom. The van der Waals surface area contributed by atoms with Crippen LogP contribution in [0.2, 0.25) is 0 Å². The number of carbonyl (C=O) groups excluding carboxylic acids is 1. The molecule has 2 aromatic carbocycles. The van der Waals surface area contributed by atoms with Gasteiger partial charge in [-0.25, -0.2) is 4.68 Å². The minimum atomic E-state index is -0.0677. The number of rotatable bonds is 5. The van der Waals surface area contributed by atoms with Crippen molar-refractivity contribution in [3.63, 3.8) is 0 Å². The Kier molecular flexibility index (Phi) is 5.42. The molecule has 1 unspecified atom stereocenters. The highest BCUT2D eigenvalue weighted by atomic mass is 16.5. The third-order valence-corrected chi connectivity index (χ3v) is 5.82. The lowest BCUT2D eigenvalue weighted by molar-refractivity contribution is -0.117. The lowest BCUT2D eigenvalue weighted by Gasteiger charge is -2.21. The number of fused-ring (bicyclic) bond motifs is 2. The normalized spacial score (nSPS) is 15.6. The molecule has 0 bridgehead atoms. The number of amides is 1. The maximum atomic E-state index is 12.4. The Morgan fingerprint density at radius 2 is 2.06 bits per heavy atom. The molecule has 1 aliphatic carbocycles. The molecule has 0 saturated carbocycles. The van der Waals surface area contributed by atoms with Gasteiger partial charge in [-0.2, -0.15) is 5.10 Å². The average Bonchev–Trinajstić information content (AvgIpc) is 3.26. The van der Waals surface area contributed by atoms with Gasteiger partial charge in [0, 0.05) is 29.9 Å². The lowest BCUT2D eigenvalue weighted by Crippen LogP contribution is -2.37. The van der Waals surface area contributed by atoms with Crippen molar-refractivity contribution < 1.29 is 9.53 Å². The van der Waals surface area contributed by atoms with E-state index in [-0.39, 0.29) is 11.9 Å². The first-order valence-electron chi connectivity index (χ1n) is 10.7. The van der Waals surface area contributed by atoms with Crippen LogP contribution in [0, 0.1) is 0 Å². The fourth-order valence-corrected chi connectivity index (χ4v) is 4.17. The minimum absolute atomic E-state index is 0.0677. The molecule has 0 radical (unpaired) electrons. The Balaban J connectivity index is 1.33. The summed E-state index contributed by atoms with van der Waals surface area (Å²) < 4.78 is 7.31. The fraction of sp³-hybridized carbons (Fsp3) is 0.192. The van der Waals surface area contributed by atoms with Crippen LogP contribution in [0.3, 0.4) is 0 Å². The summed E-state index contributed by atoms with van der Waals surface area (Å²) in [6.07, 6.45) is 9.79. The molecule has 6 nitrogen and oxygen atoms in total. The second-order valence-corrected chi connectivity index (χ2v) is 7.95. The second-order valence-electron chi connectivity index (χ2n) is 7.95. The number of ether oxygens (including phenoxy) is 1. The Bertz CT molecular complexity index is 1290. The molecule has 2 heterocycles. The molecule has 0 saturated heterocycles. The lowest BCUT2D eigenvalue weighted by atomic mass is 9.93. The smallest absolute Gasteiger partial charge is 0.244 e. The SMILES string of the molecule is COc1ccc2nccc(-n3cc4c(n3)CCC(NC(=O)/C=C/c3ccccc3)C4)c2c1. The van der Waals surface area contributed by atoms with Crippen LogP contribution in [-0.2, 0) is 17.6 Å². The molecule has 1 atom stereocenters. The monoisotopic (exact) mass is 424 g/mol. The number of pyridine rings is 1. The van der Waals surface area contributed by atoms with Crippen LogP contribution in [0.25, 0.3) is 22.7 Å². The van der Waals surface area contributed by atoms with Gasteiger partial charge in [-0.15, -0.1) is 0 Å². The Hall–Kier alpha value is -3.93. The Morgan fingerprint density at radius 1 is 1.19 bits per heavy atom. The van der Waals surface area contributed by atoms with Gasteiger partial charge in [0.1, 0.15) is 5.75 Å². The first kappa shape index (κ1) is 20.0. The first-order valence-corrected chi connectivity index (χ1v) is 10.7. The summed E-state index contributed by atoms with van der Waals surface area (Å²) in [6.45, 7) is 0. The largest absolute Gasteiger partial charge is 0.497 e. The quantitative estimate of drug-likeness (QED) is 0.490. The zero-order valence-corrected chi connectivity index (χ0v) is 17.9. The number of carbonyl (C=O) groups is 1. The van der Waals surface area contributed by atoms with E-state index in [0.717, 1.165) is 52.9 Å². The van der Waals surface area contributed by atoms with Crippen LogP contribution in [0.1, 0.15) is 23.2 Å². The van der Waals surface area contributed by atoms with Crippen molar-refractivity contribution in [3.05, 3.63) is 89.9 Å². The predicted molar refractivity (Wildman–Crippen MR) is 125 cm³/mol. The minimum Gasteiger partial charge on any atom is -0.497 e. The number of hydrogen-bond acceptors (Lipinski definition) is 4. The van der Waals surface area contributed by atoms with E-state index < -0.39 is 0 Å². The molecule has 6 heteroatoms. The summed E-state index contributed by atoms with van der Waals surface area (Å²) >= 11 is 0. The average molecular weight is 425 g/mol. The maximum Gasteiger partial charge on any atom is 0.244 e. The topological polar surface area (TPSA) is 69.0 Å². The van der Waals surface area contributed by atoms with E-state index in [9.17, 15) is 4.79 Å². The molecule has 2 aromatic heterocycles. The predicted octanol–water partition coefficient (Wildman–Crippen LogP) is 4.12. The molecule has 5 rings (SSSR count). The van der Waals surface area contributed by atoms with Gasteiger partial charge in [-0.1, -0.05) is 30.3 Å². The van der Waals surface area contributed by atoms with Crippen LogP contribution in [0.5, 0.6) is 5.75 Å². The highest BCUT2D eigenvalue weighted by Gasteiger charge is 2.23. The van der Waals surface area contributed by atoms with E-state index in [1.165, 1.54) is 5.56 Å². The van der Waals surface area contributed by atoms with Crippen molar-refractivity contribution in [3.8, 4) is 11.4 Å². The van der Waals surface area contributed by atoms with Gasteiger partial charge in [-0.3, -0.25) is 9.78 Å². The van der Waals surface area contributed by atoms with Crippen molar-refractivity contribution in [1.82, 2.24) is 20.1 Å². The molecule has 0 aliphatic heterocycles. The molecule has 0 spiro atoms. The van der Waals surface area contributed by atoms with E-state index in [2.05, 4.69) is 16.5 Å². The van der Waals surface area contributed by atoms with Crippen LogP contribution in [0.4, 0.5) is 0 Å². The molecule has 1 amide bonds. The molecule has 1 aliphatic rings. The summed E-state index contributed by atoms with van der Waals surface area (Å²) in [5, 5.41) is 8.96. The standard InChI is InChI=1S/C26H24N4O2/c1-32-21-9-11-24-22(16-21)25(13-14-27-24)30-17-19-15-20(8-10-23(19)29-30)28-26(31)12-7-18-5-3-2-4-6-18/h2-7,9,11-14,16-17,20H,8,10,15H2,1H3,(H,28,31)/b12-7+. The van der Waals surface area contributed by atoms with Gasteiger partial charge < -0.3 is 10.1 Å². The van der Waals surface area contributed by atoms with E-state index in [1.807, 2.05) is 65.4 Å². The third kappa shape index (κ3) is 4.12. The van der Waals surface area contributed by atoms with Gasteiger partial charge in [0.25, 0.3) is 0 Å². The zero-order chi connectivity index (χ0) is 21.9. The van der Waals surface area contributed by atoms with Crippen molar-refractivity contribution in [1.29, 1.82) is 0 Å². The fourth-order valence-electron chi connectivity index (χ4n) is 4.17. The van der Waals surface area contributed by atoms with Crippen molar-refractivity contribution in [2.45, 2.75) is 25.3 Å². The van der Waals surface area contributed by atoms with E-state index in [4.69, 9.17) is 9.84 Å². The van der Waals surface area contributed by atoms with Gasteiger partial charge in [-0.05, 0) is 60.7 Å². The van der Waals surface area contributed by atoms with Crippen LogP contribution >= 0.6 is 0 Å². The molecule has 4 aromatic rings. The number of methoxy groups -OCH3 is 1. The van der Waals surface area contributed by atoms with E-state index in [0.29, 0.717) is 0 Å². The summed E-state index contributed by atoms with van der Waals surface area (Å²) in [4.78, 5) is 16.9. The highest BCUT2D eigenvalue weighted by molar-refractivity contribution is 5.92. The molecular formula is C26H24N4O2. The van der Waals surface area contributed by atoms with Crippen LogP contribution in [0.15, 0.2) is 73.1 Å². The third-order valence-electron chi connectivity index (χ3n) is 5.82. The van der Waals surface area contributed by atoms with Gasteiger partial charge in [0.2, 0.25) is 5.91 Å². The Labute approximate surface area is 186 Å². The maximum absolute atomic E-state index is 12.4. The van der Waals surface area contributed by atoms with Gasteiger partial charge in [0.05, 0.1) is 24.0 Å². The summed E-state index contributed by atoms with van der Waals surface area (Å²) in [5.41, 5.74) is 5.13. The van der Waals surface area contributed by atoms with Gasteiger partial charge in [0.15, 0.2) is 0 Å². The van der Waals surface area contributed by atoms with Crippen molar-refractivity contribution in [2.24, 2.45) is 0 Å². The number of hydrogen-bond donors (Lipinski definition) is 1. The second kappa shape index (κ2) is 8.67. The van der Waals surface area contributed by atoms with Crippen LogP contribution in [-0.4, -0.2) is 33.8 Å². The first-order chi connectivity index (χ1) is 15.7. The number of aryl methyl sites for hydroxylation is 1. The van der Waals surface area contributed by atoms with E-state index >= 15 is 0 Å². The number of nitrogens with one attached hydrogen (secondary N) is 1. The molecule has 1 N–H and O–H groups in total. The number of nitrogens with zero attached hydrogens (tertiary/aromatic N) is 3. The van der Waals surface area contributed by atoms with Gasteiger partial charge >= 0.3 is 0 Å². The molecule has 160 valence electrons. The van der Waals surface area contributed by atoms with E-state index in [1.54, 1.807) is 19.4 Å². The molecule has 0 fully saturated rings. The molecular weight excluding hydrogens is 400 g/mol. The summed E-state index contributed by atoms with van der Waals surface area (Å²) in [5.74, 6) is 0.719. The number of aromatic nitrogens is 3. The van der Waals surface area contributed by atoms with Crippen molar-refractivity contribution in [2.75, 3.05) is 7.11 Å². The number of benzene rings is 2. The zero-order valence-electron chi connectivity index (χ0n) is 17.9. The highest BCUT2D eigenvalue weighted by Crippen LogP contribution is 2.27. The summed E-state index contributed by atoms with van der Waals surface area (Å²) in [7, 11) is 1.66. The summed E-state index contributed by atoms with van der Waals surface area (Å²) in [6, 6.07) is 17.7. The van der Waals surface area contributed by atoms with Crippen LogP contribution < -0.4 is 10.1 Å². The van der Waals surface area contributed by atoms with Crippen molar-refractivity contribution >= 4 is 22.9 Å².